The van der Waals surface area contributed by atoms with Gasteiger partial charge in [0.2, 0.25) is 0 Å². The van der Waals surface area contributed by atoms with Gasteiger partial charge in [-0.05, 0) is 43.2 Å². The number of aryl methyl sites for hydroxylation is 2. The summed E-state index contributed by atoms with van der Waals surface area (Å²) in [5.74, 6) is 0.413. The van der Waals surface area contributed by atoms with Crippen LogP contribution >= 0.6 is 0 Å². The number of amides is 1. The van der Waals surface area contributed by atoms with Crippen molar-refractivity contribution in [1.29, 1.82) is 0 Å². The fourth-order valence-corrected chi connectivity index (χ4v) is 2.77. The summed E-state index contributed by atoms with van der Waals surface area (Å²) >= 11 is 0. The van der Waals surface area contributed by atoms with Gasteiger partial charge in [-0.1, -0.05) is 12.1 Å². The van der Waals surface area contributed by atoms with Gasteiger partial charge in [-0.3, -0.25) is 4.79 Å². The predicted octanol–water partition coefficient (Wildman–Crippen LogP) is 2.86. The first-order chi connectivity index (χ1) is 10.1. The molecule has 1 amide bonds. The molecule has 1 aliphatic heterocycles. The van der Waals surface area contributed by atoms with Gasteiger partial charge in [-0.25, -0.2) is 0 Å². The van der Waals surface area contributed by atoms with Gasteiger partial charge in [0, 0.05) is 31.9 Å². The molecule has 0 bridgehead atoms. The fraction of sp³-hybridized carbons (Fsp3) is 0.353. The Morgan fingerprint density at radius 2 is 1.86 bits per heavy atom. The van der Waals surface area contributed by atoms with Crippen LogP contribution in [0.2, 0.25) is 0 Å². The molecule has 1 aromatic carbocycles. The summed E-state index contributed by atoms with van der Waals surface area (Å²) in [6.45, 7) is 7.42. The Balaban J connectivity index is 1.68. The smallest absolute Gasteiger partial charge is 0.289 e. The Morgan fingerprint density at radius 3 is 2.52 bits per heavy atom. The average Bonchev–Trinajstić information content (AvgIpc) is 3.03. The van der Waals surface area contributed by atoms with Gasteiger partial charge >= 0.3 is 0 Å². The molecule has 2 aromatic rings. The highest BCUT2D eigenvalue weighted by molar-refractivity contribution is 5.91. The van der Waals surface area contributed by atoms with E-state index in [1.54, 1.807) is 18.4 Å². The van der Waals surface area contributed by atoms with E-state index in [1.807, 2.05) is 4.90 Å². The van der Waals surface area contributed by atoms with Crippen LogP contribution in [0, 0.1) is 13.8 Å². The molecule has 3 rings (SSSR count). The van der Waals surface area contributed by atoms with Gasteiger partial charge < -0.3 is 14.2 Å². The van der Waals surface area contributed by atoms with E-state index < -0.39 is 0 Å². The zero-order chi connectivity index (χ0) is 14.8. The van der Waals surface area contributed by atoms with Crippen molar-refractivity contribution in [1.82, 2.24) is 4.90 Å². The molecule has 0 aliphatic carbocycles. The first-order valence-corrected chi connectivity index (χ1v) is 7.30. The van der Waals surface area contributed by atoms with E-state index in [-0.39, 0.29) is 5.91 Å². The minimum absolute atomic E-state index is 0.0133. The third kappa shape index (κ3) is 2.79. The van der Waals surface area contributed by atoms with E-state index >= 15 is 0 Å². The first kappa shape index (κ1) is 13.7. The van der Waals surface area contributed by atoms with Crippen molar-refractivity contribution in [2.75, 3.05) is 31.1 Å². The summed E-state index contributed by atoms with van der Waals surface area (Å²) in [4.78, 5) is 16.5. The molecule has 0 unspecified atom stereocenters. The lowest BCUT2D eigenvalue weighted by molar-refractivity contribution is 0.0714. The van der Waals surface area contributed by atoms with Crippen molar-refractivity contribution in [3.8, 4) is 0 Å². The van der Waals surface area contributed by atoms with E-state index in [1.165, 1.54) is 16.8 Å². The number of piperazine rings is 1. The number of anilines is 1. The van der Waals surface area contributed by atoms with Crippen molar-refractivity contribution < 1.29 is 9.21 Å². The Bertz CT molecular complexity index is 626. The molecule has 0 radical (unpaired) electrons. The molecule has 4 nitrogen and oxygen atoms in total. The van der Waals surface area contributed by atoms with Gasteiger partial charge in [0.1, 0.15) is 0 Å². The lowest BCUT2D eigenvalue weighted by Gasteiger charge is -2.36. The van der Waals surface area contributed by atoms with Crippen LogP contribution in [0.15, 0.2) is 41.0 Å². The van der Waals surface area contributed by atoms with Crippen LogP contribution in [-0.4, -0.2) is 37.0 Å². The van der Waals surface area contributed by atoms with Crippen LogP contribution in [0.4, 0.5) is 5.69 Å². The van der Waals surface area contributed by atoms with Gasteiger partial charge in [0.15, 0.2) is 5.76 Å². The van der Waals surface area contributed by atoms with Gasteiger partial charge in [0.05, 0.1) is 6.26 Å². The van der Waals surface area contributed by atoms with Crippen molar-refractivity contribution in [2.24, 2.45) is 0 Å². The van der Waals surface area contributed by atoms with Crippen molar-refractivity contribution >= 4 is 11.6 Å². The number of carbonyl (C=O) groups is 1. The highest BCUT2D eigenvalue weighted by Gasteiger charge is 2.24. The molecule has 2 heterocycles. The minimum Gasteiger partial charge on any atom is -0.459 e. The second-order valence-electron chi connectivity index (χ2n) is 5.55. The Labute approximate surface area is 125 Å². The monoisotopic (exact) mass is 284 g/mol. The van der Waals surface area contributed by atoms with Crippen LogP contribution < -0.4 is 4.90 Å². The minimum atomic E-state index is -0.0133. The van der Waals surface area contributed by atoms with E-state index in [0.29, 0.717) is 5.76 Å². The summed E-state index contributed by atoms with van der Waals surface area (Å²) in [6, 6.07) is 9.99. The van der Waals surface area contributed by atoms with E-state index in [9.17, 15) is 4.79 Å². The number of hydrogen-bond donors (Lipinski definition) is 0. The molecule has 0 saturated carbocycles. The summed E-state index contributed by atoms with van der Waals surface area (Å²) < 4.78 is 5.19. The largest absolute Gasteiger partial charge is 0.459 e. The number of furan rings is 1. The maximum atomic E-state index is 12.2. The van der Waals surface area contributed by atoms with Crippen LogP contribution in [0.3, 0.4) is 0 Å². The van der Waals surface area contributed by atoms with Crippen LogP contribution in [0.5, 0.6) is 0 Å². The van der Waals surface area contributed by atoms with Gasteiger partial charge in [-0.2, -0.15) is 0 Å². The second-order valence-corrected chi connectivity index (χ2v) is 5.55. The first-order valence-electron chi connectivity index (χ1n) is 7.30. The summed E-state index contributed by atoms with van der Waals surface area (Å²) in [5.41, 5.74) is 3.83. The zero-order valence-electron chi connectivity index (χ0n) is 12.5. The topological polar surface area (TPSA) is 36.7 Å². The average molecular weight is 284 g/mol. The zero-order valence-corrected chi connectivity index (χ0v) is 12.5. The number of benzene rings is 1. The Morgan fingerprint density at radius 1 is 1.10 bits per heavy atom. The quantitative estimate of drug-likeness (QED) is 0.851. The molecular weight excluding hydrogens is 264 g/mol. The normalized spacial score (nSPS) is 15.3. The van der Waals surface area contributed by atoms with Gasteiger partial charge in [-0.15, -0.1) is 0 Å². The molecule has 1 fully saturated rings. The van der Waals surface area contributed by atoms with Crippen molar-refractivity contribution in [2.45, 2.75) is 13.8 Å². The maximum absolute atomic E-state index is 12.2. The lowest BCUT2D eigenvalue weighted by atomic mass is 10.1. The number of carbonyl (C=O) groups excluding carboxylic acids is 1. The third-order valence-corrected chi connectivity index (χ3v) is 4.00. The number of rotatable bonds is 2. The fourth-order valence-electron chi connectivity index (χ4n) is 2.77. The molecule has 21 heavy (non-hydrogen) atoms. The van der Waals surface area contributed by atoms with E-state index in [2.05, 4.69) is 36.9 Å². The molecular formula is C17H20N2O2. The molecule has 1 saturated heterocycles. The molecule has 1 aromatic heterocycles. The van der Waals surface area contributed by atoms with Crippen LogP contribution in [-0.2, 0) is 0 Å². The standard InChI is InChI=1S/C17H20N2O2/c1-13-5-6-14(2)15(12-13)18-7-9-19(10-8-18)17(20)16-4-3-11-21-16/h3-6,11-12H,7-10H2,1-2H3. The molecule has 0 spiro atoms. The van der Waals surface area contributed by atoms with Gasteiger partial charge in [0.25, 0.3) is 5.91 Å². The Kier molecular flexibility index (Phi) is 3.69. The van der Waals surface area contributed by atoms with Crippen molar-refractivity contribution in [3.05, 3.63) is 53.5 Å². The Hall–Kier alpha value is -2.23. The third-order valence-electron chi connectivity index (χ3n) is 4.00. The SMILES string of the molecule is Cc1ccc(C)c(N2CCN(C(=O)c3ccco3)CC2)c1. The molecule has 4 heteroatoms. The van der Waals surface area contributed by atoms with Crippen molar-refractivity contribution in [3.63, 3.8) is 0 Å². The molecule has 110 valence electrons. The van der Waals surface area contributed by atoms with Crippen LogP contribution in [0.25, 0.3) is 0 Å². The molecule has 1 aliphatic rings. The summed E-state index contributed by atoms with van der Waals surface area (Å²) in [7, 11) is 0. The maximum Gasteiger partial charge on any atom is 0.289 e. The molecule has 0 N–H and O–H groups in total. The highest BCUT2D eigenvalue weighted by atomic mass is 16.3. The second kappa shape index (κ2) is 5.64. The number of hydrogen-bond acceptors (Lipinski definition) is 3. The molecule has 0 atom stereocenters. The van der Waals surface area contributed by atoms with E-state index in [0.717, 1.165) is 26.2 Å². The summed E-state index contributed by atoms with van der Waals surface area (Å²) in [5, 5.41) is 0. The number of nitrogens with zero attached hydrogens (tertiary/aromatic N) is 2. The van der Waals surface area contributed by atoms with E-state index in [4.69, 9.17) is 4.42 Å². The van der Waals surface area contributed by atoms with Crippen LogP contribution in [0.1, 0.15) is 21.7 Å². The highest BCUT2D eigenvalue weighted by Crippen LogP contribution is 2.23. The summed E-state index contributed by atoms with van der Waals surface area (Å²) in [6.07, 6.45) is 1.54. The lowest BCUT2D eigenvalue weighted by Crippen LogP contribution is -2.48. The predicted molar refractivity (Wildman–Crippen MR) is 82.7 cm³/mol.